The van der Waals surface area contributed by atoms with Gasteiger partial charge in [-0.1, -0.05) is 97.1 Å². The molecule has 0 spiro atoms. The Labute approximate surface area is 269 Å². The van der Waals surface area contributed by atoms with Crippen LogP contribution in [0.25, 0.3) is 88.1 Å². The number of para-hydroxylation sites is 4. The maximum Gasteiger partial charge on any atom is 0.160 e. The molecule has 10 rings (SSSR count). The van der Waals surface area contributed by atoms with Gasteiger partial charge in [0.1, 0.15) is 6.07 Å². The highest BCUT2D eigenvalue weighted by Gasteiger charge is 2.20. The largest absolute Gasteiger partial charge is 0.452 e. The molecular formula is C43H25N3O. The van der Waals surface area contributed by atoms with E-state index >= 15 is 0 Å². The summed E-state index contributed by atoms with van der Waals surface area (Å²) in [6.07, 6.45) is 0. The van der Waals surface area contributed by atoms with Gasteiger partial charge in [-0.05, 0) is 65.7 Å². The summed E-state index contributed by atoms with van der Waals surface area (Å²) in [5.41, 5.74) is 10.9. The Kier molecular flexibility index (Phi) is 5.32. The second-order valence-electron chi connectivity index (χ2n) is 12.1. The van der Waals surface area contributed by atoms with Crippen LogP contribution in [-0.4, -0.2) is 9.13 Å². The lowest BCUT2D eigenvalue weighted by atomic mass is 10.0. The van der Waals surface area contributed by atoms with E-state index in [1.54, 1.807) is 0 Å². The molecule has 0 unspecified atom stereocenters. The molecule has 0 saturated carbocycles. The number of rotatable bonds is 3. The average Bonchev–Trinajstić information content (AvgIpc) is 3.80. The average molecular weight is 600 g/mol. The van der Waals surface area contributed by atoms with Crippen molar-refractivity contribution >= 4 is 65.6 Å². The molecule has 3 heterocycles. The monoisotopic (exact) mass is 599 g/mol. The van der Waals surface area contributed by atoms with Crippen LogP contribution in [0.1, 0.15) is 5.56 Å². The minimum absolute atomic E-state index is 0.541. The third kappa shape index (κ3) is 3.63. The van der Waals surface area contributed by atoms with E-state index in [2.05, 4.69) is 149 Å². The van der Waals surface area contributed by atoms with Gasteiger partial charge in [0.15, 0.2) is 11.2 Å². The fourth-order valence-corrected chi connectivity index (χ4v) is 7.51. The van der Waals surface area contributed by atoms with E-state index in [9.17, 15) is 5.26 Å². The van der Waals surface area contributed by atoms with Crippen molar-refractivity contribution < 1.29 is 4.42 Å². The van der Waals surface area contributed by atoms with Crippen LogP contribution in [0.5, 0.6) is 0 Å². The number of aromatic nitrogens is 2. The lowest BCUT2D eigenvalue weighted by molar-refractivity contribution is 0.670. The summed E-state index contributed by atoms with van der Waals surface area (Å²) in [6, 6.07) is 55.7. The third-order valence-electron chi connectivity index (χ3n) is 9.54. The van der Waals surface area contributed by atoms with Crippen molar-refractivity contribution in [3.8, 4) is 28.6 Å². The van der Waals surface area contributed by atoms with Gasteiger partial charge in [0.25, 0.3) is 0 Å². The van der Waals surface area contributed by atoms with Gasteiger partial charge in [-0.25, -0.2) is 0 Å². The molecule has 3 aromatic heterocycles. The van der Waals surface area contributed by atoms with Crippen molar-refractivity contribution in [2.75, 3.05) is 0 Å². The number of benzene rings is 7. The molecule has 47 heavy (non-hydrogen) atoms. The summed E-state index contributed by atoms with van der Waals surface area (Å²) >= 11 is 0. The van der Waals surface area contributed by atoms with Gasteiger partial charge >= 0.3 is 0 Å². The molecule has 0 amide bonds. The zero-order chi connectivity index (χ0) is 31.1. The third-order valence-corrected chi connectivity index (χ3v) is 9.54. The minimum atomic E-state index is 0.541. The molecule has 0 aliphatic carbocycles. The maximum absolute atomic E-state index is 9.83. The van der Waals surface area contributed by atoms with Crippen LogP contribution in [0, 0.1) is 11.3 Å². The Balaban J connectivity index is 1.20. The van der Waals surface area contributed by atoms with Crippen LogP contribution in [-0.2, 0) is 0 Å². The van der Waals surface area contributed by atoms with Crippen molar-refractivity contribution in [2.45, 2.75) is 0 Å². The number of nitrogens with zero attached hydrogens (tertiary/aromatic N) is 3. The highest BCUT2D eigenvalue weighted by molar-refractivity contribution is 6.22. The highest BCUT2D eigenvalue weighted by atomic mass is 16.3. The van der Waals surface area contributed by atoms with Crippen molar-refractivity contribution in [3.05, 3.63) is 157 Å². The van der Waals surface area contributed by atoms with Gasteiger partial charge in [0, 0.05) is 43.7 Å². The van der Waals surface area contributed by atoms with Crippen LogP contribution in [0.15, 0.2) is 156 Å². The summed E-state index contributed by atoms with van der Waals surface area (Å²) in [4.78, 5) is 0. The van der Waals surface area contributed by atoms with Gasteiger partial charge in [-0.3, -0.25) is 0 Å². The standard InChI is InChI=1S/C43H25N3O/c44-26-29-12-9-18-36-37-23-22-35-34-17-3-6-21-40(34)46(41(35)43(37)47-42(29)36)31-14-8-11-28(25-31)27-10-7-13-30(24-27)45-38-19-4-1-15-32(38)33-16-2-5-20-39(33)45/h1-25H. The van der Waals surface area contributed by atoms with Gasteiger partial charge in [0.05, 0.1) is 27.6 Å². The highest BCUT2D eigenvalue weighted by Crippen LogP contribution is 2.41. The molecule has 4 nitrogen and oxygen atoms in total. The molecule has 0 aliphatic heterocycles. The Hall–Kier alpha value is -6.57. The Morgan fingerprint density at radius 2 is 0.915 bits per heavy atom. The van der Waals surface area contributed by atoms with Crippen molar-refractivity contribution in [1.82, 2.24) is 9.13 Å². The van der Waals surface area contributed by atoms with Crippen LogP contribution < -0.4 is 0 Å². The molecule has 0 radical (unpaired) electrons. The van der Waals surface area contributed by atoms with Gasteiger partial charge in [0.2, 0.25) is 0 Å². The summed E-state index contributed by atoms with van der Waals surface area (Å²) in [5.74, 6) is 0. The second kappa shape index (κ2) is 9.71. The molecule has 7 aromatic carbocycles. The predicted molar refractivity (Wildman–Crippen MR) is 193 cm³/mol. The molecule has 0 bridgehead atoms. The lowest BCUT2D eigenvalue weighted by Gasteiger charge is -2.13. The second-order valence-corrected chi connectivity index (χ2v) is 12.1. The zero-order valence-electron chi connectivity index (χ0n) is 25.2. The summed E-state index contributed by atoms with van der Waals surface area (Å²) in [7, 11) is 0. The lowest BCUT2D eigenvalue weighted by Crippen LogP contribution is -1.96. The van der Waals surface area contributed by atoms with Crippen LogP contribution in [0.3, 0.4) is 0 Å². The number of fused-ring (bicyclic) bond motifs is 10. The maximum atomic E-state index is 9.83. The predicted octanol–water partition coefficient (Wildman–Crippen LogP) is 11.3. The topological polar surface area (TPSA) is 46.8 Å². The first-order valence-electron chi connectivity index (χ1n) is 15.8. The SMILES string of the molecule is N#Cc1cccc2c1oc1c2ccc2c3ccccc3n(-c3cccc(-c4cccc(-n5c6ccccc6c6ccccc65)c4)c3)c21. The van der Waals surface area contributed by atoms with Crippen LogP contribution in [0.2, 0.25) is 0 Å². The van der Waals surface area contributed by atoms with E-state index in [4.69, 9.17) is 4.42 Å². The Morgan fingerprint density at radius 3 is 1.55 bits per heavy atom. The molecule has 10 aromatic rings. The first-order chi connectivity index (χ1) is 23.3. The number of hydrogen-bond acceptors (Lipinski definition) is 2. The van der Waals surface area contributed by atoms with Crippen LogP contribution in [0.4, 0.5) is 0 Å². The first-order valence-corrected chi connectivity index (χ1v) is 15.8. The van der Waals surface area contributed by atoms with Gasteiger partial charge in [-0.15, -0.1) is 0 Å². The fourth-order valence-electron chi connectivity index (χ4n) is 7.51. The van der Waals surface area contributed by atoms with Crippen molar-refractivity contribution in [2.24, 2.45) is 0 Å². The number of hydrogen-bond donors (Lipinski definition) is 0. The molecular weight excluding hydrogens is 574 g/mol. The minimum Gasteiger partial charge on any atom is -0.452 e. The number of furan rings is 1. The normalized spacial score (nSPS) is 11.8. The van der Waals surface area contributed by atoms with Gasteiger partial charge in [-0.2, -0.15) is 5.26 Å². The van der Waals surface area contributed by atoms with E-state index in [1.807, 2.05) is 18.2 Å². The fraction of sp³-hybridized carbons (Fsp3) is 0. The first kappa shape index (κ1) is 25.7. The molecule has 0 N–H and O–H groups in total. The molecule has 4 heteroatoms. The van der Waals surface area contributed by atoms with E-state index in [1.165, 1.54) is 21.8 Å². The Bertz CT molecular complexity index is 2880. The van der Waals surface area contributed by atoms with E-state index in [0.29, 0.717) is 11.1 Å². The van der Waals surface area contributed by atoms with Crippen molar-refractivity contribution in [1.29, 1.82) is 5.26 Å². The van der Waals surface area contributed by atoms with E-state index in [-0.39, 0.29) is 0 Å². The van der Waals surface area contributed by atoms with Crippen molar-refractivity contribution in [3.63, 3.8) is 0 Å². The smallest absolute Gasteiger partial charge is 0.160 e. The van der Waals surface area contributed by atoms with E-state index < -0.39 is 0 Å². The summed E-state index contributed by atoms with van der Waals surface area (Å²) < 4.78 is 11.2. The summed E-state index contributed by atoms with van der Waals surface area (Å²) in [5, 5.41) is 16.6. The molecule has 0 fully saturated rings. The van der Waals surface area contributed by atoms with E-state index in [0.717, 1.165) is 60.7 Å². The summed E-state index contributed by atoms with van der Waals surface area (Å²) in [6.45, 7) is 0. The molecule has 218 valence electrons. The zero-order valence-corrected chi connectivity index (χ0v) is 25.2. The molecule has 0 aliphatic rings. The number of nitriles is 1. The van der Waals surface area contributed by atoms with Crippen LogP contribution >= 0.6 is 0 Å². The Morgan fingerprint density at radius 1 is 0.426 bits per heavy atom. The van der Waals surface area contributed by atoms with Gasteiger partial charge < -0.3 is 13.6 Å². The molecule has 0 saturated heterocycles. The quantitative estimate of drug-likeness (QED) is 0.203. The molecule has 0 atom stereocenters.